The molecule has 9 aromatic rings. The Hall–Kier alpha value is -8.25. The van der Waals surface area contributed by atoms with Crippen molar-refractivity contribution in [3.05, 3.63) is 181 Å². The number of hydrogen-bond donors (Lipinski definition) is 0. The van der Waals surface area contributed by atoms with E-state index in [0.29, 0.717) is 18.8 Å². The molecule has 0 aliphatic carbocycles. The number of fused-ring (bicyclic) bond motifs is 3. The molecule has 6 aromatic carbocycles. The van der Waals surface area contributed by atoms with Crippen molar-refractivity contribution in [3.8, 4) is 33.8 Å². The van der Waals surface area contributed by atoms with Crippen LogP contribution in [0.5, 0.6) is 0 Å². The van der Waals surface area contributed by atoms with Crippen LogP contribution in [0.25, 0.3) is 66.1 Å². The van der Waals surface area contributed by atoms with Gasteiger partial charge in [0.15, 0.2) is 0 Å². The summed E-state index contributed by atoms with van der Waals surface area (Å²) in [5.74, 6) is 0.195. The van der Waals surface area contributed by atoms with E-state index < -0.39 is 0 Å². The Kier molecular flexibility index (Phi) is 17.6. The van der Waals surface area contributed by atoms with Gasteiger partial charge in [0.05, 0.1) is 36.3 Å². The molecular formula is C60H63N9O3. The van der Waals surface area contributed by atoms with E-state index in [1.165, 1.54) is 0 Å². The van der Waals surface area contributed by atoms with Gasteiger partial charge in [-0.3, -0.25) is 14.4 Å². The molecule has 0 radical (unpaired) electrons. The predicted molar refractivity (Wildman–Crippen MR) is 290 cm³/mol. The van der Waals surface area contributed by atoms with Gasteiger partial charge in [-0.1, -0.05) is 164 Å². The highest BCUT2D eigenvalue weighted by Crippen LogP contribution is 2.31. The zero-order valence-corrected chi connectivity index (χ0v) is 42.5. The minimum atomic E-state index is 0.0203. The molecular weight excluding hydrogens is 895 g/mol. The van der Waals surface area contributed by atoms with Crippen molar-refractivity contribution in [1.29, 1.82) is 0 Å². The van der Waals surface area contributed by atoms with Crippen LogP contribution >= 0.6 is 0 Å². The zero-order chi connectivity index (χ0) is 51.1. The molecule has 9 rings (SSSR count). The third kappa shape index (κ3) is 12.4. The molecule has 0 saturated heterocycles. The van der Waals surface area contributed by atoms with E-state index in [1.807, 2.05) is 215 Å². The molecule has 0 unspecified atom stereocenters. The molecule has 3 aromatic heterocycles. The lowest BCUT2D eigenvalue weighted by Crippen LogP contribution is -2.43. The van der Waals surface area contributed by atoms with E-state index in [4.69, 9.17) is 0 Å². The van der Waals surface area contributed by atoms with E-state index in [1.54, 1.807) is 19.0 Å². The van der Waals surface area contributed by atoms with E-state index in [0.717, 1.165) is 77.5 Å². The van der Waals surface area contributed by atoms with E-state index in [-0.39, 0.29) is 49.1 Å². The quantitative estimate of drug-likeness (QED) is 0.111. The number of likely N-dealkylation sites (N-methyl/N-ethyl adjacent to an activating group) is 2. The molecule has 0 atom stereocenters. The fourth-order valence-corrected chi connectivity index (χ4v) is 8.84. The lowest BCUT2D eigenvalue weighted by Gasteiger charge is -2.30. The Balaban J connectivity index is 0.000000159. The molecule has 3 amide bonds. The van der Waals surface area contributed by atoms with Crippen LogP contribution in [0.3, 0.4) is 0 Å². The van der Waals surface area contributed by atoms with Gasteiger partial charge >= 0.3 is 0 Å². The van der Waals surface area contributed by atoms with Crippen molar-refractivity contribution in [3.63, 3.8) is 0 Å². The highest BCUT2D eigenvalue weighted by atomic mass is 16.2. The molecule has 3 heterocycles. The van der Waals surface area contributed by atoms with Crippen molar-refractivity contribution in [2.24, 2.45) is 0 Å². The fraction of sp³-hybridized carbons (Fsp3) is 0.250. The number of benzene rings is 6. The Morgan fingerprint density at radius 2 is 0.653 bits per heavy atom. The third-order valence-electron chi connectivity index (χ3n) is 12.4. The summed E-state index contributed by atoms with van der Waals surface area (Å²) in [5.41, 5.74) is 7.82. The smallest absolute Gasteiger partial charge is 0.229 e. The summed E-state index contributed by atoms with van der Waals surface area (Å²) in [6.07, 6.45) is 0.804. The monoisotopic (exact) mass is 958 g/mol. The standard InChI is InChI=1S/C22H25N3O.C20H21N3O.C18H17N3O/c1-15(2)25(16(3)4)21(26)14-20-18-12-8-9-13-19(18)22(24-23-20)17-10-6-5-7-11-17;1-3-23(4-2)19(24)14-18-16-12-8-9-13-17(16)20(22-21-18)15-10-6-5-7-11-15;1-21(2)17(22)12-16-14-10-6-7-11-15(14)18(20-19-16)13-8-4-3-5-9-13/h5-13,15-16H,14H2,1-4H3;5-13H,3-4,14H2,1-2H3;3-11H,12H2,1-2H3. The molecule has 0 fully saturated rings. The van der Waals surface area contributed by atoms with Crippen LogP contribution in [0.4, 0.5) is 0 Å². The second kappa shape index (κ2) is 24.5. The zero-order valence-electron chi connectivity index (χ0n) is 42.5. The Bertz CT molecular complexity index is 3240. The SMILES string of the molecule is CC(C)N(C(=O)Cc1nnc(-c2ccccc2)c2ccccc12)C(C)C.CCN(CC)C(=O)Cc1nnc(-c2ccccc2)c2ccccc12.CN(C)C(=O)Cc1nnc(-c2ccccc2)c2ccccc12. The predicted octanol–water partition coefficient (Wildman–Crippen LogP) is 11.1. The largest absolute Gasteiger partial charge is 0.348 e. The number of hydrogen-bond acceptors (Lipinski definition) is 9. The second-order valence-corrected chi connectivity index (χ2v) is 18.1. The number of carbonyl (C=O) groups excluding carboxylic acids is 3. The Morgan fingerprint density at radius 3 is 0.944 bits per heavy atom. The maximum absolute atomic E-state index is 12.9. The summed E-state index contributed by atoms with van der Waals surface area (Å²) in [5, 5.41) is 32.4. The maximum atomic E-state index is 12.9. The molecule has 0 spiro atoms. The molecule has 0 aliphatic heterocycles. The van der Waals surface area contributed by atoms with E-state index >= 15 is 0 Å². The van der Waals surface area contributed by atoms with Gasteiger partial charge < -0.3 is 14.7 Å². The molecule has 12 heteroatoms. The minimum Gasteiger partial charge on any atom is -0.348 e. The lowest BCUT2D eigenvalue weighted by molar-refractivity contribution is -0.134. The van der Waals surface area contributed by atoms with Gasteiger partial charge in [0, 0.05) is 88.3 Å². The molecule has 0 bridgehead atoms. The topological polar surface area (TPSA) is 138 Å². The number of rotatable bonds is 13. The van der Waals surface area contributed by atoms with Crippen molar-refractivity contribution < 1.29 is 14.4 Å². The normalized spacial score (nSPS) is 10.9. The van der Waals surface area contributed by atoms with Gasteiger partial charge in [-0.15, -0.1) is 15.3 Å². The van der Waals surface area contributed by atoms with Crippen molar-refractivity contribution in [1.82, 2.24) is 45.3 Å². The third-order valence-corrected chi connectivity index (χ3v) is 12.4. The molecule has 366 valence electrons. The lowest BCUT2D eigenvalue weighted by atomic mass is 10.0. The number of aromatic nitrogens is 6. The van der Waals surface area contributed by atoms with Crippen LogP contribution in [0.2, 0.25) is 0 Å². The van der Waals surface area contributed by atoms with Gasteiger partial charge in [-0.2, -0.15) is 15.3 Å². The number of carbonyl (C=O) groups is 3. The van der Waals surface area contributed by atoms with Crippen molar-refractivity contribution >= 4 is 50.0 Å². The summed E-state index contributed by atoms with van der Waals surface area (Å²) in [6, 6.07) is 54.3. The first kappa shape index (κ1) is 51.6. The Morgan fingerprint density at radius 1 is 0.375 bits per heavy atom. The van der Waals surface area contributed by atoms with Crippen LogP contribution in [0.15, 0.2) is 164 Å². The van der Waals surface area contributed by atoms with Gasteiger partial charge in [0.2, 0.25) is 17.7 Å². The Labute approximate surface area is 422 Å². The van der Waals surface area contributed by atoms with Crippen LogP contribution in [0, 0.1) is 0 Å². The van der Waals surface area contributed by atoms with E-state index in [9.17, 15) is 14.4 Å². The average Bonchev–Trinajstić information content (AvgIpc) is 3.40. The highest BCUT2D eigenvalue weighted by molar-refractivity contribution is 5.99. The minimum absolute atomic E-state index is 0.0203. The average molecular weight is 958 g/mol. The van der Waals surface area contributed by atoms with Crippen molar-refractivity contribution in [2.75, 3.05) is 27.2 Å². The summed E-state index contributed by atoms with van der Waals surface area (Å²) < 4.78 is 0. The molecule has 0 N–H and O–H groups in total. The fourth-order valence-electron chi connectivity index (χ4n) is 8.84. The molecule has 0 aliphatic rings. The van der Waals surface area contributed by atoms with Crippen LogP contribution < -0.4 is 0 Å². The molecule has 12 nitrogen and oxygen atoms in total. The number of amides is 3. The number of nitrogens with zero attached hydrogens (tertiary/aromatic N) is 9. The summed E-state index contributed by atoms with van der Waals surface area (Å²) in [7, 11) is 3.49. The van der Waals surface area contributed by atoms with Gasteiger partial charge in [0.1, 0.15) is 17.1 Å². The first-order chi connectivity index (χ1) is 34.9. The highest BCUT2D eigenvalue weighted by Gasteiger charge is 2.23. The summed E-state index contributed by atoms with van der Waals surface area (Å²) >= 11 is 0. The molecule has 72 heavy (non-hydrogen) atoms. The first-order valence-corrected chi connectivity index (χ1v) is 24.6. The van der Waals surface area contributed by atoms with E-state index in [2.05, 4.69) is 30.6 Å². The van der Waals surface area contributed by atoms with Gasteiger partial charge in [0.25, 0.3) is 0 Å². The first-order valence-electron chi connectivity index (χ1n) is 24.6. The second-order valence-electron chi connectivity index (χ2n) is 18.1. The van der Waals surface area contributed by atoms with Gasteiger partial charge in [-0.05, 0) is 41.5 Å². The van der Waals surface area contributed by atoms with Crippen LogP contribution in [-0.2, 0) is 33.6 Å². The van der Waals surface area contributed by atoms with Crippen LogP contribution in [-0.4, -0.2) is 102 Å². The summed E-state index contributed by atoms with van der Waals surface area (Å²) in [6.45, 7) is 13.6. The molecule has 0 saturated carbocycles. The maximum Gasteiger partial charge on any atom is 0.229 e. The summed E-state index contributed by atoms with van der Waals surface area (Å²) in [4.78, 5) is 42.5. The van der Waals surface area contributed by atoms with Crippen molar-refractivity contribution in [2.45, 2.75) is 72.9 Å². The van der Waals surface area contributed by atoms with Crippen LogP contribution in [0.1, 0.15) is 58.6 Å². The van der Waals surface area contributed by atoms with Gasteiger partial charge in [-0.25, -0.2) is 0 Å².